The standard InChI is InChI=1S/C16H26N2O2S/c1-4-13(5-2)18(3)10-14(19)11-20-15-8-6-12(7-9-15)16(17)21/h6-9,13-14,19H,4-5,10-11H2,1-3H3,(H2,17,21). The van der Waals surface area contributed by atoms with Gasteiger partial charge < -0.3 is 20.5 Å². The van der Waals surface area contributed by atoms with E-state index in [2.05, 4.69) is 18.7 Å². The van der Waals surface area contributed by atoms with Gasteiger partial charge in [0.1, 0.15) is 23.4 Å². The first-order chi connectivity index (χ1) is 9.97. The lowest BCUT2D eigenvalue weighted by Crippen LogP contribution is -2.39. The van der Waals surface area contributed by atoms with E-state index in [1.807, 2.05) is 31.3 Å². The maximum atomic E-state index is 10.1. The fourth-order valence-corrected chi connectivity index (χ4v) is 2.49. The molecule has 0 aromatic heterocycles. The SMILES string of the molecule is CCC(CC)N(C)CC(O)COc1ccc(C(N)=S)cc1. The molecule has 1 unspecified atom stereocenters. The molecule has 0 saturated heterocycles. The Labute approximate surface area is 132 Å². The highest BCUT2D eigenvalue weighted by Crippen LogP contribution is 2.13. The molecule has 1 rings (SSSR count). The van der Waals surface area contributed by atoms with Crippen LogP contribution in [0.15, 0.2) is 24.3 Å². The largest absolute Gasteiger partial charge is 0.491 e. The molecular formula is C16H26N2O2S. The lowest BCUT2D eigenvalue weighted by molar-refractivity contribution is 0.0616. The van der Waals surface area contributed by atoms with Crippen LogP contribution in [-0.4, -0.2) is 47.3 Å². The average Bonchev–Trinajstić information content (AvgIpc) is 2.46. The molecule has 21 heavy (non-hydrogen) atoms. The quantitative estimate of drug-likeness (QED) is 0.685. The zero-order valence-corrected chi connectivity index (χ0v) is 13.9. The van der Waals surface area contributed by atoms with Crippen molar-refractivity contribution in [3.63, 3.8) is 0 Å². The van der Waals surface area contributed by atoms with E-state index in [0.717, 1.165) is 18.4 Å². The lowest BCUT2D eigenvalue weighted by Gasteiger charge is -2.28. The van der Waals surface area contributed by atoms with Gasteiger partial charge in [0.15, 0.2) is 0 Å². The second-order valence-electron chi connectivity index (χ2n) is 5.26. The average molecular weight is 310 g/mol. The normalized spacial score (nSPS) is 12.7. The summed E-state index contributed by atoms with van der Waals surface area (Å²) in [5.74, 6) is 0.708. The molecule has 4 nitrogen and oxygen atoms in total. The van der Waals surface area contributed by atoms with Gasteiger partial charge in [-0.05, 0) is 44.2 Å². The summed E-state index contributed by atoms with van der Waals surface area (Å²) in [5, 5.41) is 10.1. The number of rotatable bonds is 9. The monoisotopic (exact) mass is 310 g/mol. The van der Waals surface area contributed by atoms with Crippen LogP contribution in [0.25, 0.3) is 0 Å². The minimum atomic E-state index is -0.508. The third-order valence-corrected chi connectivity index (χ3v) is 3.88. The van der Waals surface area contributed by atoms with E-state index in [9.17, 15) is 5.11 Å². The van der Waals surface area contributed by atoms with Crippen molar-refractivity contribution < 1.29 is 9.84 Å². The molecule has 1 aromatic carbocycles. The van der Waals surface area contributed by atoms with Crippen LogP contribution >= 0.6 is 12.2 Å². The molecule has 0 heterocycles. The van der Waals surface area contributed by atoms with E-state index in [4.69, 9.17) is 22.7 Å². The molecule has 3 N–H and O–H groups in total. The highest BCUT2D eigenvalue weighted by molar-refractivity contribution is 7.80. The van der Waals surface area contributed by atoms with Gasteiger partial charge in [-0.3, -0.25) is 0 Å². The number of aliphatic hydroxyl groups is 1. The number of likely N-dealkylation sites (N-methyl/N-ethyl adjacent to an activating group) is 1. The highest BCUT2D eigenvalue weighted by Gasteiger charge is 2.15. The maximum absolute atomic E-state index is 10.1. The molecule has 0 fully saturated rings. The van der Waals surface area contributed by atoms with Crippen molar-refractivity contribution in [1.29, 1.82) is 0 Å². The molecular weight excluding hydrogens is 284 g/mol. The minimum Gasteiger partial charge on any atom is -0.491 e. The maximum Gasteiger partial charge on any atom is 0.119 e. The molecule has 1 aromatic rings. The summed E-state index contributed by atoms with van der Waals surface area (Å²) in [6.07, 6.45) is 1.66. The third kappa shape index (κ3) is 5.99. The summed E-state index contributed by atoms with van der Waals surface area (Å²) >= 11 is 4.90. The van der Waals surface area contributed by atoms with Crippen LogP contribution in [0.1, 0.15) is 32.3 Å². The molecule has 5 heteroatoms. The van der Waals surface area contributed by atoms with Crippen molar-refractivity contribution in [2.24, 2.45) is 5.73 Å². The van der Waals surface area contributed by atoms with Crippen molar-refractivity contribution in [3.8, 4) is 5.75 Å². The van der Waals surface area contributed by atoms with Gasteiger partial charge in [-0.25, -0.2) is 0 Å². The van der Waals surface area contributed by atoms with Crippen LogP contribution < -0.4 is 10.5 Å². The first kappa shape index (κ1) is 17.9. The summed E-state index contributed by atoms with van der Waals surface area (Å²) in [5.41, 5.74) is 6.35. The summed E-state index contributed by atoms with van der Waals surface area (Å²) in [6.45, 7) is 5.21. The van der Waals surface area contributed by atoms with Crippen LogP contribution in [0.3, 0.4) is 0 Å². The van der Waals surface area contributed by atoms with E-state index in [0.29, 0.717) is 23.3 Å². The molecule has 1 atom stereocenters. The Hall–Kier alpha value is -1.17. The molecule has 0 aliphatic rings. The first-order valence-electron chi connectivity index (χ1n) is 7.38. The second-order valence-corrected chi connectivity index (χ2v) is 5.70. The molecule has 0 saturated carbocycles. The van der Waals surface area contributed by atoms with Crippen molar-refractivity contribution in [2.75, 3.05) is 20.2 Å². The number of hydrogen-bond acceptors (Lipinski definition) is 4. The predicted molar refractivity (Wildman–Crippen MR) is 90.8 cm³/mol. The third-order valence-electron chi connectivity index (χ3n) is 3.65. The zero-order valence-electron chi connectivity index (χ0n) is 13.1. The first-order valence-corrected chi connectivity index (χ1v) is 7.79. The van der Waals surface area contributed by atoms with E-state index in [-0.39, 0.29) is 6.61 Å². The van der Waals surface area contributed by atoms with Crippen LogP contribution in [-0.2, 0) is 0 Å². The van der Waals surface area contributed by atoms with Crippen LogP contribution in [0.4, 0.5) is 0 Å². The van der Waals surface area contributed by atoms with Gasteiger partial charge in [0.2, 0.25) is 0 Å². The Morgan fingerprint density at radius 3 is 2.33 bits per heavy atom. The van der Waals surface area contributed by atoms with Gasteiger partial charge in [-0.1, -0.05) is 26.1 Å². The summed E-state index contributed by atoms with van der Waals surface area (Å²) in [4.78, 5) is 2.55. The van der Waals surface area contributed by atoms with Crippen molar-refractivity contribution in [2.45, 2.75) is 38.8 Å². The van der Waals surface area contributed by atoms with Crippen LogP contribution in [0.5, 0.6) is 5.75 Å². The summed E-state index contributed by atoms with van der Waals surface area (Å²) in [6, 6.07) is 7.77. The zero-order chi connectivity index (χ0) is 15.8. The second kappa shape index (κ2) is 8.97. The molecule has 0 aliphatic heterocycles. The van der Waals surface area contributed by atoms with Gasteiger partial charge in [-0.2, -0.15) is 0 Å². The van der Waals surface area contributed by atoms with Gasteiger partial charge in [0, 0.05) is 18.2 Å². The lowest BCUT2D eigenvalue weighted by atomic mass is 10.1. The Bertz CT molecular complexity index is 432. The summed E-state index contributed by atoms with van der Waals surface area (Å²) in [7, 11) is 2.04. The number of hydrogen-bond donors (Lipinski definition) is 2. The topological polar surface area (TPSA) is 58.7 Å². The van der Waals surface area contributed by atoms with Crippen LogP contribution in [0.2, 0.25) is 0 Å². The number of nitrogens with two attached hydrogens (primary N) is 1. The fraction of sp³-hybridized carbons (Fsp3) is 0.562. The highest BCUT2D eigenvalue weighted by atomic mass is 32.1. The Morgan fingerprint density at radius 2 is 1.86 bits per heavy atom. The van der Waals surface area contributed by atoms with Crippen molar-refractivity contribution in [1.82, 2.24) is 4.90 Å². The van der Waals surface area contributed by atoms with Gasteiger partial charge >= 0.3 is 0 Å². The number of aliphatic hydroxyl groups excluding tert-OH is 1. The molecule has 0 amide bonds. The van der Waals surface area contributed by atoms with Crippen molar-refractivity contribution >= 4 is 17.2 Å². The number of ether oxygens (including phenoxy) is 1. The van der Waals surface area contributed by atoms with Gasteiger partial charge in [0.05, 0.1) is 0 Å². The number of nitrogens with zero attached hydrogens (tertiary/aromatic N) is 1. The van der Waals surface area contributed by atoms with E-state index < -0.39 is 6.10 Å². The molecule has 0 bridgehead atoms. The van der Waals surface area contributed by atoms with Gasteiger partial charge in [-0.15, -0.1) is 0 Å². The molecule has 0 spiro atoms. The van der Waals surface area contributed by atoms with E-state index >= 15 is 0 Å². The molecule has 0 aliphatic carbocycles. The Kier molecular flexibility index (Phi) is 7.64. The molecule has 118 valence electrons. The van der Waals surface area contributed by atoms with E-state index in [1.54, 1.807) is 0 Å². The van der Waals surface area contributed by atoms with E-state index in [1.165, 1.54) is 0 Å². The number of thiocarbonyl (C=S) groups is 1. The minimum absolute atomic E-state index is 0.275. The smallest absolute Gasteiger partial charge is 0.119 e. The van der Waals surface area contributed by atoms with Gasteiger partial charge in [0.25, 0.3) is 0 Å². The Morgan fingerprint density at radius 1 is 1.29 bits per heavy atom. The molecule has 0 radical (unpaired) electrons. The van der Waals surface area contributed by atoms with Crippen molar-refractivity contribution in [3.05, 3.63) is 29.8 Å². The van der Waals surface area contributed by atoms with Crippen LogP contribution in [0, 0.1) is 0 Å². The predicted octanol–water partition coefficient (Wildman–Crippen LogP) is 2.18. The number of benzene rings is 1. The summed E-state index contributed by atoms with van der Waals surface area (Å²) < 4.78 is 5.59. The Balaban J connectivity index is 2.42. The fourth-order valence-electron chi connectivity index (χ4n) is 2.35.